The molecule has 0 saturated carbocycles. The van der Waals surface area contributed by atoms with Crippen LogP contribution in [0.4, 0.5) is 22.0 Å². The zero-order valence-corrected chi connectivity index (χ0v) is 24.6. The molecule has 43 heavy (non-hydrogen) atoms. The highest BCUT2D eigenvalue weighted by molar-refractivity contribution is 7.92. The lowest BCUT2D eigenvalue weighted by Crippen LogP contribution is -2.56. The lowest BCUT2D eigenvalue weighted by Gasteiger charge is -2.43. The van der Waals surface area contributed by atoms with Gasteiger partial charge in [0.2, 0.25) is 11.6 Å². The second kappa shape index (κ2) is 10.2. The number of hydrogen-bond donors (Lipinski definition) is 1. The second-order valence-electron chi connectivity index (χ2n) is 12.2. The largest absolute Gasteiger partial charge is 0.428 e. The van der Waals surface area contributed by atoms with Gasteiger partial charge in [-0.1, -0.05) is 24.3 Å². The van der Waals surface area contributed by atoms with Gasteiger partial charge in [0.1, 0.15) is 10.8 Å². The molecule has 1 aliphatic carbocycles. The molecular formula is C29H32F5N3O5S. The van der Waals surface area contributed by atoms with Gasteiger partial charge in [0.15, 0.2) is 16.0 Å². The monoisotopic (exact) mass is 629 g/mol. The molecule has 14 heteroatoms. The highest BCUT2D eigenvalue weighted by Crippen LogP contribution is 2.53. The van der Waals surface area contributed by atoms with E-state index in [2.05, 4.69) is 4.98 Å². The Labute approximate surface area is 245 Å². The van der Waals surface area contributed by atoms with Gasteiger partial charge in [0.05, 0.1) is 22.2 Å². The van der Waals surface area contributed by atoms with Crippen LogP contribution in [0.1, 0.15) is 57.0 Å². The quantitative estimate of drug-likeness (QED) is 0.488. The fourth-order valence-corrected chi connectivity index (χ4v) is 9.02. The molecule has 3 heterocycles. The highest BCUT2D eigenvalue weighted by Gasteiger charge is 2.63. The molecule has 2 fully saturated rings. The third-order valence-corrected chi connectivity index (χ3v) is 11.3. The lowest BCUT2D eigenvalue weighted by molar-refractivity contribution is -0.230. The van der Waals surface area contributed by atoms with Crippen molar-refractivity contribution in [2.24, 2.45) is 0 Å². The Morgan fingerprint density at radius 1 is 1.09 bits per heavy atom. The number of aryl methyl sites for hydroxylation is 1. The van der Waals surface area contributed by atoms with Crippen LogP contribution in [0.2, 0.25) is 0 Å². The first-order chi connectivity index (χ1) is 19.8. The zero-order chi connectivity index (χ0) is 31.8. The number of carbonyl (C=O) groups excluding carboxylic acids is 2. The average Bonchev–Trinajstić information content (AvgIpc) is 3.46. The topological polar surface area (TPSA) is 108 Å². The molecular weight excluding hydrogens is 597 g/mol. The lowest BCUT2D eigenvalue weighted by atomic mass is 9.80. The smallest absolute Gasteiger partial charge is 0.389 e. The molecule has 2 aromatic rings. The van der Waals surface area contributed by atoms with Crippen LogP contribution in [0.3, 0.4) is 0 Å². The van der Waals surface area contributed by atoms with Gasteiger partial charge in [0.25, 0.3) is 5.91 Å². The van der Waals surface area contributed by atoms with Crippen LogP contribution in [-0.2, 0) is 36.3 Å². The summed E-state index contributed by atoms with van der Waals surface area (Å²) in [6, 6.07) is 7.04. The number of benzene rings is 1. The third kappa shape index (κ3) is 4.90. The number of amides is 2. The molecule has 2 saturated heterocycles. The number of aliphatic hydroxyl groups is 1. The van der Waals surface area contributed by atoms with Crippen LogP contribution in [0.25, 0.3) is 0 Å². The Bertz CT molecular complexity index is 1540. The van der Waals surface area contributed by atoms with E-state index in [0.717, 1.165) is 17.0 Å². The summed E-state index contributed by atoms with van der Waals surface area (Å²) in [5, 5.41) is 10.3. The summed E-state index contributed by atoms with van der Waals surface area (Å²) in [6.07, 6.45) is -7.97. The fourth-order valence-electron chi connectivity index (χ4n) is 6.64. The van der Waals surface area contributed by atoms with E-state index < -0.39 is 74.2 Å². The number of nitrogens with zero attached hydrogens (tertiary/aromatic N) is 3. The van der Waals surface area contributed by atoms with Crippen LogP contribution < -0.4 is 0 Å². The minimum Gasteiger partial charge on any atom is -0.389 e. The van der Waals surface area contributed by atoms with E-state index in [1.165, 1.54) is 43.0 Å². The number of fused-ring (bicyclic) bond motifs is 3. The molecule has 3 unspecified atom stereocenters. The van der Waals surface area contributed by atoms with Gasteiger partial charge in [-0.05, 0) is 63.8 Å². The molecule has 5 atom stereocenters. The number of aromatic nitrogens is 1. The maximum Gasteiger partial charge on any atom is 0.428 e. The number of rotatable bonds is 6. The van der Waals surface area contributed by atoms with Crippen molar-refractivity contribution in [1.82, 2.24) is 14.8 Å². The van der Waals surface area contributed by atoms with Crippen LogP contribution in [-0.4, -0.2) is 83.2 Å². The van der Waals surface area contributed by atoms with Gasteiger partial charge in [0, 0.05) is 25.2 Å². The molecule has 8 nitrogen and oxygen atoms in total. The van der Waals surface area contributed by atoms with E-state index in [-0.39, 0.29) is 48.5 Å². The number of halogens is 5. The van der Waals surface area contributed by atoms with Crippen LogP contribution >= 0.6 is 0 Å². The van der Waals surface area contributed by atoms with Crippen LogP contribution in [0.5, 0.6) is 0 Å². The zero-order valence-electron chi connectivity index (χ0n) is 23.7. The van der Waals surface area contributed by atoms with E-state index in [4.69, 9.17) is 0 Å². The molecule has 0 spiro atoms. The average molecular weight is 630 g/mol. The normalized spacial score (nSPS) is 27.6. The first kappa shape index (κ1) is 31.3. The van der Waals surface area contributed by atoms with E-state index in [1.54, 1.807) is 6.07 Å². The SMILES string of the molecule is CC(C)(O)CN1C(=O)[C@H](F)C[C@H]1C(=O)N1CCC2(S(=O)(=O)c3ccccc3)c3ccc(C(C)(F)C(F)(F)F)nc3CCC12. The van der Waals surface area contributed by atoms with Crippen LogP contribution in [0, 0.1) is 0 Å². The Hall–Kier alpha value is -3.13. The van der Waals surface area contributed by atoms with E-state index >= 15 is 0 Å². The number of hydrogen-bond acceptors (Lipinski definition) is 6. The fraction of sp³-hybridized carbons (Fsp3) is 0.552. The molecule has 1 N–H and O–H groups in total. The van der Waals surface area contributed by atoms with Crippen molar-refractivity contribution in [2.45, 2.75) is 91.8 Å². The maximum atomic E-state index is 14.9. The summed E-state index contributed by atoms with van der Waals surface area (Å²) >= 11 is 0. The summed E-state index contributed by atoms with van der Waals surface area (Å²) in [6.45, 7) is 2.71. The number of likely N-dealkylation sites (tertiary alicyclic amines) is 2. The summed E-state index contributed by atoms with van der Waals surface area (Å²) in [5.74, 6) is -1.64. The summed E-state index contributed by atoms with van der Waals surface area (Å²) < 4.78 is 97.1. The predicted octanol–water partition coefficient (Wildman–Crippen LogP) is 3.75. The van der Waals surface area contributed by atoms with E-state index in [9.17, 15) is 45.1 Å². The minimum absolute atomic E-state index is 0.0146. The second-order valence-corrected chi connectivity index (χ2v) is 14.4. The molecule has 2 aliphatic heterocycles. The van der Waals surface area contributed by atoms with Crippen molar-refractivity contribution < 1.29 is 45.1 Å². The Balaban J connectivity index is 1.62. The predicted molar refractivity (Wildman–Crippen MR) is 144 cm³/mol. The van der Waals surface area contributed by atoms with Crippen molar-refractivity contribution in [2.75, 3.05) is 13.1 Å². The summed E-state index contributed by atoms with van der Waals surface area (Å²) in [7, 11) is -4.35. The van der Waals surface area contributed by atoms with Crippen molar-refractivity contribution >= 4 is 21.7 Å². The molecule has 2 amide bonds. The van der Waals surface area contributed by atoms with E-state index in [0.29, 0.717) is 6.92 Å². The minimum atomic E-state index is -5.27. The van der Waals surface area contributed by atoms with Gasteiger partial charge in [-0.3, -0.25) is 14.6 Å². The molecule has 0 bridgehead atoms. The van der Waals surface area contributed by atoms with Gasteiger partial charge >= 0.3 is 6.18 Å². The van der Waals surface area contributed by atoms with Crippen molar-refractivity contribution in [3.8, 4) is 0 Å². The van der Waals surface area contributed by atoms with Gasteiger partial charge in [-0.15, -0.1) is 0 Å². The molecule has 0 radical (unpaired) electrons. The Morgan fingerprint density at radius 3 is 2.35 bits per heavy atom. The van der Waals surface area contributed by atoms with Crippen molar-refractivity contribution in [1.29, 1.82) is 0 Å². The Morgan fingerprint density at radius 2 is 1.74 bits per heavy atom. The van der Waals surface area contributed by atoms with Gasteiger partial charge in [-0.25, -0.2) is 17.2 Å². The molecule has 1 aromatic carbocycles. The number of alkyl halides is 5. The third-order valence-electron chi connectivity index (χ3n) is 8.75. The van der Waals surface area contributed by atoms with Gasteiger partial charge < -0.3 is 14.9 Å². The van der Waals surface area contributed by atoms with Gasteiger partial charge in [-0.2, -0.15) is 13.2 Å². The molecule has 5 rings (SSSR count). The van der Waals surface area contributed by atoms with Crippen molar-refractivity contribution in [3.05, 3.63) is 59.4 Å². The molecule has 3 aliphatic rings. The maximum absolute atomic E-state index is 14.9. The first-order valence-corrected chi connectivity index (χ1v) is 15.3. The number of sulfone groups is 1. The Kier molecular flexibility index (Phi) is 7.44. The summed E-state index contributed by atoms with van der Waals surface area (Å²) in [4.78, 5) is 32.8. The highest BCUT2D eigenvalue weighted by atomic mass is 32.2. The summed E-state index contributed by atoms with van der Waals surface area (Å²) in [5.41, 5.74) is -6.08. The molecule has 1 aromatic heterocycles. The number of β-amino-alcohol motifs (C(OH)–C–C–N with tert-alkyl or cyclic N) is 1. The first-order valence-electron chi connectivity index (χ1n) is 13.9. The number of pyridine rings is 1. The number of carbonyl (C=O) groups is 2. The molecule has 234 valence electrons. The van der Waals surface area contributed by atoms with Crippen LogP contribution in [0.15, 0.2) is 47.4 Å². The van der Waals surface area contributed by atoms with E-state index in [1.807, 2.05) is 0 Å². The standard InChI is InChI=1S/C29H32F5N3O5S/c1-26(2,40)16-37-21(15-19(30)24(37)38)25(39)36-14-13-28(43(41,42)17-7-5-4-6-8-17)18-9-11-22(27(3,31)29(32,33)34)35-20(18)10-12-23(28)36/h4-9,11,19,21,23,40H,10,12-16H2,1-3H3/t19-,21+,23?,27?,28?/m1/s1. The van der Waals surface area contributed by atoms with Crippen molar-refractivity contribution in [3.63, 3.8) is 0 Å².